The third-order valence-electron chi connectivity index (χ3n) is 10.9. The highest BCUT2D eigenvalue weighted by molar-refractivity contribution is 6.00. The summed E-state index contributed by atoms with van der Waals surface area (Å²) in [6.07, 6.45) is 1.88. The number of furan rings is 1. The molecule has 41 heavy (non-hydrogen) atoms. The summed E-state index contributed by atoms with van der Waals surface area (Å²) in [4.78, 5) is 52.3. The predicted octanol–water partition coefficient (Wildman–Crippen LogP) is 1.53. The van der Waals surface area contributed by atoms with Crippen LogP contribution in [0.4, 0.5) is 0 Å². The van der Waals surface area contributed by atoms with Crippen LogP contribution in [0.5, 0.6) is 0 Å². The van der Waals surface area contributed by atoms with Crippen LogP contribution in [0.2, 0.25) is 0 Å². The molecule has 1 aromatic heterocycles. The lowest BCUT2D eigenvalue weighted by Crippen LogP contribution is -2.73. The Morgan fingerprint density at radius 3 is 2.37 bits per heavy atom. The summed E-state index contributed by atoms with van der Waals surface area (Å²) >= 11 is 0. The first-order valence-electron chi connectivity index (χ1n) is 13.5. The van der Waals surface area contributed by atoms with E-state index in [2.05, 4.69) is 0 Å². The molecule has 222 valence electrons. The van der Waals surface area contributed by atoms with Gasteiger partial charge in [0.25, 0.3) is 0 Å². The van der Waals surface area contributed by atoms with Crippen LogP contribution in [-0.4, -0.2) is 75.8 Å². The second-order valence-corrected chi connectivity index (χ2v) is 12.9. The van der Waals surface area contributed by atoms with Gasteiger partial charge in [0.2, 0.25) is 11.6 Å². The summed E-state index contributed by atoms with van der Waals surface area (Å²) in [6, 6.07) is 1.61. The van der Waals surface area contributed by atoms with Crippen molar-refractivity contribution >= 4 is 23.7 Å². The highest BCUT2D eigenvalue weighted by Gasteiger charge is 2.99. The number of epoxide rings is 1. The Labute approximate surface area is 235 Å². The molecule has 5 aliphatic rings. The first kappa shape index (κ1) is 28.1. The second-order valence-electron chi connectivity index (χ2n) is 12.9. The molecule has 12 heteroatoms. The van der Waals surface area contributed by atoms with Crippen molar-refractivity contribution in [1.82, 2.24) is 0 Å². The number of aliphatic hydroxyl groups is 2. The Balaban J connectivity index is 1.67. The summed E-state index contributed by atoms with van der Waals surface area (Å²) < 4.78 is 34.4. The molecule has 0 aromatic carbocycles. The van der Waals surface area contributed by atoms with E-state index in [4.69, 9.17) is 28.1 Å². The van der Waals surface area contributed by atoms with Crippen LogP contribution in [0.1, 0.15) is 59.6 Å². The quantitative estimate of drug-likeness (QED) is 0.230. The van der Waals surface area contributed by atoms with Gasteiger partial charge in [-0.05, 0) is 39.2 Å². The fraction of sp³-hybridized carbons (Fsp3) is 0.655. The monoisotopic (exact) mass is 574 g/mol. The van der Waals surface area contributed by atoms with E-state index in [0.29, 0.717) is 5.56 Å². The van der Waals surface area contributed by atoms with Gasteiger partial charge < -0.3 is 38.3 Å². The number of ketones is 1. The lowest BCUT2D eigenvalue weighted by atomic mass is 9.44. The van der Waals surface area contributed by atoms with E-state index in [-0.39, 0.29) is 6.42 Å². The van der Waals surface area contributed by atoms with Gasteiger partial charge in [-0.1, -0.05) is 19.9 Å². The predicted molar refractivity (Wildman–Crippen MR) is 134 cm³/mol. The Hall–Kier alpha value is -3.06. The van der Waals surface area contributed by atoms with Crippen LogP contribution in [0.25, 0.3) is 0 Å². The van der Waals surface area contributed by atoms with E-state index in [1.807, 2.05) is 0 Å². The van der Waals surface area contributed by atoms with Gasteiger partial charge in [-0.2, -0.15) is 0 Å². The number of hydrogen-bond donors (Lipinski definition) is 2. The van der Waals surface area contributed by atoms with Gasteiger partial charge >= 0.3 is 17.9 Å². The minimum atomic E-state index is -2.63. The number of Topliss-reactive ketones (excluding diaryl/α,β-unsaturated/α-hetero) is 1. The van der Waals surface area contributed by atoms with E-state index < -0.39 is 86.8 Å². The van der Waals surface area contributed by atoms with Crippen LogP contribution in [0.3, 0.4) is 0 Å². The largest absolute Gasteiger partial charge is 0.472 e. The molecule has 1 aromatic rings. The van der Waals surface area contributed by atoms with Gasteiger partial charge in [0, 0.05) is 24.0 Å². The maximum atomic E-state index is 14.1. The molecular weight excluding hydrogens is 540 g/mol. The smallest absolute Gasteiger partial charge is 0.339 e. The van der Waals surface area contributed by atoms with E-state index in [1.165, 1.54) is 53.4 Å². The second kappa shape index (κ2) is 7.85. The molecule has 3 saturated heterocycles. The number of esters is 3. The number of ether oxygens (including phenoxy) is 5. The fourth-order valence-electron chi connectivity index (χ4n) is 9.10. The average molecular weight is 575 g/mol. The fourth-order valence-corrected chi connectivity index (χ4v) is 9.10. The maximum absolute atomic E-state index is 14.1. The normalized spacial score (nSPS) is 49.0. The molecule has 5 fully saturated rings. The van der Waals surface area contributed by atoms with Crippen LogP contribution in [-0.2, 0) is 42.9 Å². The summed E-state index contributed by atoms with van der Waals surface area (Å²) in [6.45, 7) is 8.99. The molecule has 1 spiro atoms. The van der Waals surface area contributed by atoms with Gasteiger partial charge in [-0.25, -0.2) is 9.59 Å². The molecule has 0 unspecified atom stereocenters. The van der Waals surface area contributed by atoms with Crippen molar-refractivity contribution in [3.63, 3.8) is 0 Å². The number of rotatable bonds is 4. The Bertz CT molecular complexity index is 1400. The molecule has 0 radical (unpaired) electrons. The third kappa shape index (κ3) is 2.76. The van der Waals surface area contributed by atoms with Crippen molar-refractivity contribution < 1.29 is 57.5 Å². The van der Waals surface area contributed by atoms with Crippen LogP contribution >= 0.6 is 0 Å². The molecule has 12 nitrogen and oxygen atoms in total. The third-order valence-corrected chi connectivity index (χ3v) is 10.9. The standard InChI is InChI=1S/C29H34O12/c1-14(30)38-17-12-16-24(4,10-8-18(31)36-7)27(34)22(33)23(2,3)41-29(27,35)26(16,6)28-20(40-28)21(32)39-19(25(17,28)5)15-9-11-37-13-15/h8-11,13,16-17,19-20,34-35H,12H2,1-7H3/b10-8-/t16-,17-,19+,20+,24-,25+,26-,27+,28-,29+/m1/s1. The zero-order valence-electron chi connectivity index (χ0n) is 23.9. The molecule has 2 saturated carbocycles. The topological polar surface area (TPSA) is 171 Å². The lowest BCUT2D eigenvalue weighted by Gasteiger charge is -2.61. The molecule has 0 amide bonds. The molecule has 6 rings (SSSR count). The van der Waals surface area contributed by atoms with E-state index >= 15 is 0 Å². The Kier molecular flexibility index (Phi) is 5.38. The Morgan fingerprint density at radius 1 is 1.10 bits per heavy atom. The first-order valence-corrected chi connectivity index (χ1v) is 13.5. The summed E-state index contributed by atoms with van der Waals surface area (Å²) in [7, 11) is 1.18. The van der Waals surface area contributed by atoms with Gasteiger partial charge in [0.1, 0.15) is 23.4 Å². The van der Waals surface area contributed by atoms with Gasteiger partial charge in [-0.3, -0.25) is 9.59 Å². The highest BCUT2D eigenvalue weighted by atomic mass is 16.7. The van der Waals surface area contributed by atoms with E-state index in [9.17, 15) is 29.4 Å². The zero-order valence-corrected chi connectivity index (χ0v) is 23.9. The minimum Gasteiger partial charge on any atom is -0.472 e. The number of hydrogen-bond acceptors (Lipinski definition) is 12. The molecule has 2 N–H and O–H groups in total. The van der Waals surface area contributed by atoms with Crippen molar-refractivity contribution in [2.45, 2.75) is 88.9 Å². The van der Waals surface area contributed by atoms with Gasteiger partial charge in [0.15, 0.2) is 11.7 Å². The summed E-state index contributed by atoms with van der Waals surface area (Å²) in [5.41, 5.74) is -10.3. The molecule has 4 heterocycles. The highest BCUT2D eigenvalue weighted by Crippen LogP contribution is 2.84. The average Bonchev–Trinajstić information content (AvgIpc) is 3.39. The number of carbonyl (C=O) groups is 4. The minimum absolute atomic E-state index is 0.0278. The van der Waals surface area contributed by atoms with Crippen LogP contribution < -0.4 is 0 Å². The lowest BCUT2D eigenvalue weighted by molar-refractivity contribution is -0.347. The van der Waals surface area contributed by atoms with Gasteiger partial charge in [-0.15, -0.1) is 0 Å². The maximum Gasteiger partial charge on any atom is 0.339 e. The number of fused-ring (bicyclic) bond motifs is 3. The van der Waals surface area contributed by atoms with Gasteiger partial charge in [0.05, 0.1) is 30.5 Å². The number of cyclic esters (lactones) is 1. The van der Waals surface area contributed by atoms with Crippen molar-refractivity contribution in [2.24, 2.45) is 22.2 Å². The van der Waals surface area contributed by atoms with Crippen LogP contribution in [0.15, 0.2) is 35.2 Å². The van der Waals surface area contributed by atoms with Crippen molar-refractivity contribution in [3.05, 3.63) is 36.3 Å². The summed E-state index contributed by atoms with van der Waals surface area (Å²) in [5.74, 6) is -6.49. The van der Waals surface area contributed by atoms with Crippen molar-refractivity contribution in [2.75, 3.05) is 7.11 Å². The molecule has 0 bridgehead atoms. The molecular formula is C29H34O12. The molecule has 3 aliphatic heterocycles. The Morgan fingerprint density at radius 2 is 1.78 bits per heavy atom. The van der Waals surface area contributed by atoms with E-state index in [0.717, 1.165) is 6.08 Å². The first-order chi connectivity index (χ1) is 18.9. The number of methoxy groups -OCH3 is 1. The van der Waals surface area contributed by atoms with E-state index in [1.54, 1.807) is 19.9 Å². The molecule has 10 atom stereocenters. The zero-order chi connectivity index (χ0) is 30.2. The van der Waals surface area contributed by atoms with Crippen molar-refractivity contribution in [1.29, 1.82) is 0 Å². The SMILES string of the molecule is COC(=O)/C=C\[C@]1(C)[C@H]2C[C@@H](OC(C)=O)[C@@]3(C)[C@H](c4ccoc4)OC(=O)[C@@H]4O[C@]43[C@]2(C)[C@]2(O)OC(C)(C)C(=O)[C@@]21O. The number of carbonyl (C=O) groups excluding carboxylic acids is 4. The summed E-state index contributed by atoms with van der Waals surface area (Å²) in [5, 5.41) is 25.3. The van der Waals surface area contributed by atoms with Crippen LogP contribution in [0, 0.1) is 22.2 Å². The van der Waals surface area contributed by atoms with Crippen molar-refractivity contribution in [3.8, 4) is 0 Å². The molecule has 2 aliphatic carbocycles.